The number of carbonyl (C=O) groups is 3. The summed E-state index contributed by atoms with van der Waals surface area (Å²) in [4.78, 5) is 39.4. The Balaban J connectivity index is 1.55. The summed E-state index contributed by atoms with van der Waals surface area (Å²) in [6.07, 6.45) is 1.37. The normalized spacial score (nSPS) is 17.3. The van der Waals surface area contributed by atoms with E-state index < -0.39 is 18.2 Å². The molecule has 3 amide bonds. The first-order chi connectivity index (χ1) is 16.5. The van der Waals surface area contributed by atoms with Crippen molar-refractivity contribution in [1.82, 2.24) is 10.2 Å². The molecule has 0 bridgehead atoms. The van der Waals surface area contributed by atoms with E-state index in [-0.39, 0.29) is 24.9 Å². The highest BCUT2D eigenvalue weighted by molar-refractivity contribution is 5.91. The summed E-state index contributed by atoms with van der Waals surface area (Å²) in [5.74, 6) is 0.201. The van der Waals surface area contributed by atoms with E-state index in [4.69, 9.17) is 9.15 Å². The molecule has 4 rings (SSSR count). The SMILES string of the molecule is CCCC(=O)Nc1ccc(C2OC(=O)N(Cc3ccccc3)C2C(=O)NCc2ccco2)cc1. The number of carbonyl (C=O) groups excluding carboxylic acids is 3. The minimum absolute atomic E-state index is 0.0632. The Morgan fingerprint density at radius 2 is 1.76 bits per heavy atom. The Kier molecular flexibility index (Phi) is 7.27. The lowest BCUT2D eigenvalue weighted by molar-refractivity contribution is -0.126. The van der Waals surface area contributed by atoms with Gasteiger partial charge in [0, 0.05) is 12.1 Å². The van der Waals surface area contributed by atoms with Gasteiger partial charge in [0.2, 0.25) is 11.8 Å². The van der Waals surface area contributed by atoms with Crippen LogP contribution in [-0.2, 0) is 27.4 Å². The average Bonchev–Trinajstić information content (AvgIpc) is 3.47. The zero-order chi connectivity index (χ0) is 23.9. The predicted octanol–water partition coefficient (Wildman–Crippen LogP) is 4.40. The zero-order valence-corrected chi connectivity index (χ0v) is 18.9. The third-order valence-corrected chi connectivity index (χ3v) is 5.57. The van der Waals surface area contributed by atoms with Crippen molar-refractivity contribution in [1.29, 1.82) is 0 Å². The maximum absolute atomic E-state index is 13.3. The van der Waals surface area contributed by atoms with Gasteiger partial charge in [-0.1, -0.05) is 49.4 Å². The van der Waals surface area contributed by atoms with Gasteiger partial charge in [0.15, 0.2) is 12.1 Å². The number of cyclic esters (lactones) is 1. The van der Waals surface area contributed by atoms with Gasteiger partial charge in [0.1, 0.15) is 5.76 Å². The van der Waals surface area contributed by atoms with Crippen molar-refractivity contribution in [2.75, 3.05) is 5.32 Å². The summed E-state index contributed by atoms with van der Waals surface area (Å²) in [5, 5.41) is 5.68. The van der Waals surface area contributed by atoms with Crippen molar-refractivity contribution in [3.63, 3.8) is 0 Å². The number of hydrogen-bond donors (Lipinski definition) is 2. The largest absolute Gasteiger partial charge is 0.467 e. The molecule has 0 radical (unpaired) electrons. The van der Waals surface area contributed by atoms with Crippen LogP contribution in [0.1, 0.15) is 42.8 Å². The molecular weight excluding hydrogens is 434 g/mol. The number of benzene rings is 2. The first-order valence-electron chi connectivity index (χ1n) is 11.3. The van der Waals surface area contributed by atoms with Gasteiger partial charge < -0.3 is 19.8 Å². The summed E-state index contributed by atoms with van der Waals surface area (Å²) in [6, 6.07) is 19.1. The van der Waals surface area contributed by atoms with Crippen LogP contribution in [0.15, 0.2) is 77.4 Å². The van der Waals surface area contributed by atoms with Gasteiger partial charge >= 0.3 is 6.09 Å². The average molecular weight is 462 g/mol. The number of nitrogens with one attached hydrogen (secondary N) is 2. The van der Waals surface area contributed by atoms with Crippen LogP contribution < -0.4 is 10.6 Å². The fourth-order valence-electron chi connectivity index (χ4n) is 3.89. The van der Waals surface area contributed by atoms with E-state index in [1.165, 1.54) is 11.2 Å². The first kappa shape index (κ1) is 23.1. The Morgan fingerprint density at radius 1 is 1.00 bits per heavy atom. The molecule has 0 spiro atoms. The highest BCUT2D eigenvalue weighted by Crippen LogP contribution is 2.34. The van der Waals surface area contributed by atoms with Crippen LogP contribution >= 0.6 is 0 Å². The predicted molar refractivity (Wildman–Crippen MR) is 126 cm³/mol. The lowest BCUT2D eigenvalue weighted by atomic mass is 10.00. The second-order valence-electron chi connectivity index (χ2n) is 8.08. The third kappa shape index (κ3) is 5.46. The fraction of sp³-hybridized carbons (Fsp3) is 0.269. The second kappa shape index (κ2) is 10.7. The summed E-state index contributed by atoms with van der Waals surface area (Å²) >= 11 is 0. The monoisotopic (exact) mass is 461 g/mol. The smallest absolute Gasteiger partial charge is 0.411 e. The number of rotatable bonds is 9. The maximum atomic E-state index is 13.3. The molecule has 1 fully saturated rings. The molecule has 2 heterocycles. The molecular formula is C26H27N3O5. The van der Waals surface area contributed by atoms with E-state index in [0.717, 1.165) is 12.0 Å². The van der Waals surface area contributed by atoms with E-state index >= 15 is 0 Å². The van der Waals surface area contributed by atoms with Crippen molar-refractivity contribution in [2.45, 2.75) is 45.0 Å². The molecule has 0 saturated carbocycles. The third-order valence-electron chi connectivity index (χ3n) is 5.57. The Labute approximate surface area is 197 Å². The lowest BCUT2D eigenvalue weighted by Gasteiger charge is -2.24. The minimum atomic E-state index is -0.872. The van der Waals surface area contributed by atoms with Gasteiger partial charge in [-0.3, -0.25) is 14.5 Å². The lowest BCUT2D eigenvalue weighted by Crippen LogP contribution is -2.46. The van der Waals surface area contributed by atoms with Crippen LogP contribution in [-0.4, -0.2) is 28.8 Å². The van der Waals surface area contributed by atoms with Gasteiger partial charge in [0.25, 0.3) is 0 Å². The highest BCUT2D eigenvalue weighted by Gasteiger charge is 2.46. The summed E-state index contributed by atoms with van der Waals surface area (Å²) in [7, 11) is 0. The number of ether oxygens (including phenoxy) is 1. The highest BCUT2D eigenvalue weighted by atomic mass is 16.6. The van der Waals surface area contributed by atoms with Crippen LogP contribution in [0.25, 0.3) is 0 Å². The second-order valence-corrected chi connectivity index (χ2v) is 8.08. The summed E-state index contributed by atoms with van der Waals surface area (Å²) in [6.45, 7) is 2.38. The van der Waals surface area contributed by atoms with Gasteiger partial charge in [-0.15, -0.1) is 0 Å². The molecule has 2 atom stereocenters. The quantitative estimate of drug-likeness (QED) is 0.492. The number of amides is 3. The standard InChI is InChI=1S/C26H27N3O5/c1-2-7-22(30)28-20-13-11-19(12-14-20)24-23(25(31)27-16-21-10-6-15-33-21)29(26(32)34-24)17-18-8-4-3-5-9-18/h3-6,8-15,23-24H,2,7,16-17H2,1H3,(H,27,31)(H,28,30). The van der Waals surface area contributed by atoms with E-state index in [2.05, 4.69) is 10.6 Å². The fourth-order valence-corrected chi connectivity index (χ4v) is 3.89. The molecule has 2 N–H and O–H groups in total. The number of anilines is 1. The summed E-state index contributed by atoms with van der Waals surface area (Å²) in [5.41, 5.74) is 2.19. The van der Waals surface area contributed by atoms with Crippen molar-refractivity contribution in [3.8, 4) is 0 Å². The molecule has 3 aromatic rings. The molecule has 1 saturated heterocycles. The van der Waals surface area contributed by atoms with Crippen LogP contribution in [0.5, 0.6) is 0 Å². The van der Waals surface area contributed by atoms with Crippen LogP contribution in [0.3, 0.4) is 0 Å². The Hall–Kier alpha value is -4.07. The van der Waals surface area contributed by atoms with Crippen molar-refractivity contribution in [2.24, 2.45) is 0 Å². The van der Waals surface area contributed by atoms with Crippen LogP contribution in [0.4, 0.5) is 10.5 Å². The number of nitrogens with zero attached hydrogens (tertiary/aromatic N) is 1. The molecule has 0 aliphatic carbocycles. The Bertz CT molecular complexity index is 1110. The van der Waals surface area contributed by atoms with Crippen molar-refractivity contribution in [3.05, 3.63) is 89.9 Å². The first-order valence-corrected chi connectivity index (χ1v) is 11.3. The topological polar surface area (TPSA) is 101 Å². The molecule has 8 nitrogen and oxygen atoms in total. The van der Waals surface area contributed by atoms with Gasteiger partial charge in [0.05, 0.1) is 19.4 Å². The van der Waals surface area contributed by atoms with Crippen molar-refractivity contribution >= 4 is 23.6 Å². The molecule has 2 unspecified atom stereocenters. The van der Waals surface area contributed by atoms with E-state index in [9.17, 15) is 14.4 Å². The molecule has 2 aromatic carbocycles. The van der Waals surface area contributed by atoms with Gasteiger partial charge in [-0.05, 0) is 41.8 Å². The molecule has 1 aliphatic heterocycles. The number of furan rings is 1. The van der Waals surface area contributed by atoms with E-state index in [1.54, 1.807) is 36.4 Å². The summed E-state index contributed by atoms with van der Waals surface area (Å²) < 4.78 is 11.0. The molecule has 1 aromatic heterocycles. The van der Waals surface area contributed by atoms with E-state index in [1.807, 2.05) is 37.3 Å². The Morgan fingerprint density at radius 3 is 2.44 bits per heavy atom. The van der Waals surface area contributed by atoms with Crippen LogP contribution in [0.2, 0.25) is 0 Å². The molecule has 176 valence electrons. The van der Waals surface area contributed by atoms with E-state index in [0.29, 0.717) is 23.4 Å². The van der Waals surface area contributed by atoms with Crippen molar-refractivity contribution < 1.29 is 23.5 Å². The molecule has 8 heteroatoms. The van der Waals surface area contributed by atoms with Gasteiger partial charge in [-0.2, -0.15) is 0 Å². The zero-order valence-electron chi connectivity index (χ0n) is 18.9. The van der Waals surface area contributed by atoms with Gasteiger partial charge in [-0.25, -0.2) is 4.79 Å². The minimum Gasteiger partial charge on any atom is -0.467 e. The number of hydrogen-bond acceptors (Lipinski definition) is 5. The molecule has 1 aliphatic rings. The van der Waals surface area contributed by atoms with Crippen LogP contribution in [0, 0.1) is 0 Å². The maximum Gasteiger partial charge on any atom is 0.411 e. The molecule has 34 heavy (non-hydrogen) atoms.